The molecule has 0 spiro atoms. The Hall–Kier alpha value is -1.35. The largest absolute Gasteiger partial charge is 0.378 e. The van der Waals surface area contributed by atoms with Crippen molar-refractivity contribution in [2.75, 3.05) is 13.2 Å². The quantitative estimate of drug-likeness (QED) is 0.855. The maximum atomic E-state index is 11.7. The summed E-state index contributed by atoms with van der Waals surface area (Å²) in [7, 11) is 0. The fraction of sp³-hybridized carbons (Fsp3) is 0.562. The third kappa shape index (κ3) is 4.67. The highest BCUT2D eigenvalue weighted by atomic mass is 16.5. The Kier molecular flexibility index (Phi) is 5.40. The Morgan fingerprint density at radius 3 is 3.00 bits per heavy atom. The molecule has 104 valence electrons. The molecule has 1 fully saturated rings. The van der Waals surface area contributed by atoms with Crippen molar-refractivity contribution in [3.63, 3.8) is 0 Å². The zero-order valence-electron chi connectivity index (χ0n) is 11.7. The van der Waals surface area contributed by atoms with Crippen molar-refractivity contribution in [2.24, 2.45) is 0 Å². The molecular formula is C16H23NO2. The molecule has 0 aromatic heterocycles. The third-order valence-corrected chi connectivity index (χ3v) is 3.70. The van der Waals surface area contributed by atoms with E-state index in [2.05, 4.69) is 24.4 Å². The van der Waals surface area contributed by atoms with E-state index in [0.717, 1.165) is 38.8 Å². The summed E-state index contributed by atoms with van der Waals surface area (Å²) in [6, 6.07) is 8.23. The summed E-state index contributed by atoms with van der Waals surface area (Å²) in [5, 5.41) is 2.98. The van der Waals surface area contributed by atoms with Gasteiger partial charge in [-0.25, -0.2) is 0 Å². The van der Waals surface area contributed by atoms with Crippen molar-refractivity contribution < 1.29 is 9.53 Å². The van der Waals surface area contributed by atoms with Crippen molar-refractivity contribution in [2.45, 2.75) is 45.1 Å². The van der Waals surface area contributed by atoms with Crippen LogP contribution in [-0.2, 0) is 16.0 Å². The number of hydrogen-bond donors (Lipinski definition) is 1. The number of amides is 1. The topological polar surface area (TPSA) is 38.3 Å². The van der Waals surface area contributed by atoms with E-state index in [1.807, 2.05) is 12.1 Å². The van der Waals surface area contributed by atoms with Crippen molar-refractivity contribution in [1.82, 2.24) is 5.32 Å². The first-order chi connectivity index (χ1) is 9.25. The monoisotopic (exact) mass is 261 g/mol. The van der Waals surface area contributed by atoms with E-state index in [1.165, 1.54) is 11.1 Å². The lowest BCUT2D eigenvalue weighted by atomic mass is 10.0. The van der Waals surface area contributed by atoms with Gasteiger partial charge < -0.3 is 10.1 Å². The van der Waals surface area contributed by atoms with Crippen LogP contribution in [0, 0.1) is 6.92 Å². The summed E-state index contributed by atoms with van der Waals surface area (Å²) in [5.41, 5.74) is 2.52. The molecule has 0 bridgehead atoms. The predicted molar refractivity (Wildman–Crippen MR) is 76.1 cm³/mol. The second-order valence-electron chi connectivity index (χ2n) is 5.20. The van der Waals surface area contributed by atoms with E-state index >= 15 is 0 Å². The number of carbonyl (C=O) groups excluding carboxylic acids is 1. The van der Waals surface area contributed by atoms with E-state index in [4.69, 9.17) is 4.74 Å². The molecule has 1 aliphatic rings. The number of hydrogen-bond acceptors (Lipinski definition) is 2. The summed E-state index contributed by atoms with van der Waals surface area (Å²) in [6.07, 6.45) is 4.98. The predicted octanol–water partition coefficient (Wildman–Crippen LogP) is 2.61. The van der Waals surface area contributed by atoms with Crippen LogP contribution in [0.25, 0.3) is 0 Å². The molecule has 1 aliphatic heterocycles. The summed E-state index contributed by atoms with van der Waals surface area (Å²) < 4.78 is 5.53. The lowest BCUT2D eigenvalue weighted by Gasteiger charge is -2.10. The Bertz CT molecular complexity index is 411. The molecule has 0 aliphatic carbocycles. The minimum atomic E-state index is 0.140. The zero-order chi connectivity index (χ0) is 13.5. The third-order valence-electron chi connectivity index (χ3n) is 3.70. The summed E-state index contributed by atoms with van der Waals surface area (Å²) in [6.45, 7) is 3.70. The number of nitrogens with one attached hydrogen (secondary N) is 1. The maximum absolute atomic E-state index is 11.7. The van der Waals surface area contributed by atoms with Crippen LogP contribution < -0.4 is 5.32 Å². The molecule has 1 amide bonds. The summed E-state index contributed by atoms with van der Waals surface area (Å²) in [5.74, 6) is 0.140. The van der Waals surface area contributed by atoms with Gasteiger partial charge in [0.1, 0.15) is 0 Å². The van der Waals surface area contributed by atoms with E-state index in [1.54, 1.807) is 0 Å². The van der Waals surface area contributed by atoms with Gasteiger partial charge in [0, 0.05) is 19.6 Å². The average molecular weight is 261 g/mol. The SMILES string of the molecule is Cc1ccccc1CCC(=O)NCCC1CCCO1. The van der Waals surface area contributed by atoms with Crippen LogP contribution in [0.2, 0.25) is 0 Å². The molecular weight excluding hydrogens is 238 g/mol. The van der Waals surface area contributed by atoms with Crippen LogP contribution in [0.15, 0.2) is 24.3 Å². The van der Waals surface area contributed by atoms with Crippen LogP contribution in [0.5, 0.6) is 0 Å². The van der Waals surface area contributed by atoms with Gasteiger partial charge in [-0.15, -0.1) is 0 Å². The van der Waals surface area contributed by atoms with E-state index < -0.39 is 0 Å². The van der Waals surface area contributed by atoms with Gasteiger partial charge in [0.2, 0.25) is 5.91 Å². The lowest BCUT2D eigenvalue weighted by Crippen LogP contribution is -2.27. The number of ether oxygens (including phenoxy) is 1. The van der Waals surface area contributed by atoms with Gasteiger partial charge in [-0.05, 0) is 43.7 Å². The van der Waals surface area contributed by atoms with E-state index in [-0.39, 0.29) is 5.91 Å². The van der Waals surface area contributed by atoms with Gasteiger partial charge in [0.05, 0.1) is 6.10 Å². The fourth-order valence-corrected chi connectivity index (χ4v) is 2.47. The normalized spacial score (nSPS) is 18.5. The molecule has 1 unspecified atom stereocenters. The standard InChI is InChI=1S/C16H23NO2/c1-13-5-2-3-6-14(13)8-9-16(18)17-11-10-15-7-4-12-19-15/h2-3,5-6,15H,4,7-12H2,1H3,(H,17,18). The van der Waals surface area contributed by atoms with Crippen molar-refractivity contribution in [1.29, 1.82) is 0 Å². The van der Waals surface area contributed by atoms with Crippen LogP contribution in [0.3, 0.4) is 0 Å². The number of rotatable bonds is 6. The van der Waals surface area contributed by atoms with Crippen LogP contribution in [0.1, 0.15) is 36.8 Å². The Morgan fingerprint density at radius 1 is 1.42 bits per heavy atom. The van der Waals surface area contributed by atoms with Gasteiger partial charge >= 0.3 is 0 Å². The molecule has 1 aromatic rings. The highest BCUT2D eigenvalue weighted by Crippen LogP contribution is 2.14. The minimum absolute atomic E-state index is 0.140. The highest BCUT2D eigenvalue weighted by Gasteiger charge is 2.15. The van der Waals surface area contributed by atoms with Crippen LogP contribution in [0.4, 0.5) is 0 Å². The number of aryl methyl sites for hydroxylation is 2. The van der Waals surface area contributed by atoms with Gasteiger partial charge in [0.25, 0.3) is 0 Å². The van der Waals surface area contributed by atoms with Crippen molar-refractivity contribution >= 4 is 5.91 Å². The molecule has 0 saturated carbocycles. The highest BCUT2D eigenvalue weighted by molar-refractivity contribution is 5.76. The summed E-state index contributed by atoms with van der Waals surface area (Å²) >= 11 is 0. The van der Waals surface area contributed by atoms with Crippen molar-refractivity contribution in [3.05, 3.63) is 35.4 Å². The zero-order valence-corrected chi connectivity index (χ0v) is 11.7. The first-order valence-corrected chi connectivity index (χ1v) is 7.18. The molecule has 1 atom stereocenters. The lowest BCUT2D eigenvalue weighted by molar-refractivity contribution is -0.121. The van der Waals surface area contributed by atoms with Crippen LogP contribution in [-0.4, -0.2) is 25.2 Å². The van der Waals surface area contributed by atoms with Gasteiger partial charge in [-0.1, -0.05) is 24.3 Å². The molecule has 3 nitrogen and oxygen atoms in total. The molecule has 3 heteroatoms. The smallest absolute Gasteiger partial charge is 0.220 e. The van der Waals surface area contributed by atoms with E-state index in [0.29, 0.717) is 12.5 Å². The fourth-order valence-electron chi connectivity index (χ4n) is 2.47. The second kappa shape index (κ2) is 7.29. The maximum Gasteiger partial charge on any atom is 0.220 e. The van der Waals surface area contributed by atoms with Gasteiger partial charge in [0.15, 0.2) is 0 Å². The Morgan fingerprint density at radius 2 is 2.26 bits per heavy atom. The van der Waals surface area contributed by atoms with Gasteiger partial charge in [-0.3, -0.25) is 4.79 Å². The molecule has 1 heterocycles. The molecule has 1 N–H and O–H groups in total. The Labute approximate surface area is 115 Å². The first kappa shape index (κ1) is 14.1. The second-order valence-corrected chi connectivity index (χ2v) is 5.20. The van der Waals surface area contributed by atoms with Gasteiger partial charge in [-0.2, -0.15) is 0 Å². The number of benzene rings is 1. The molecule has 0 radical (unpaired) electrons. The van der Waals surface area contributed by atoms with E-state index in [9.17, 15) is 4.79 Å². The number of carbonyl (C=O) groups is 1. The average Bonchev–Trinajstić information content (AvgIpc) is 2.91. The molecule has 19 heavy (non-hydrogen) atoms. The molecule has 1 aromatic carbocycles. The van der Waals surface area contributed by atoms with Crippen LogP contribution >= 0.6 is 0 Å². The molecule has 2 rings (SSSR count). The molecule has 1 saturated heterocycles. The van der Waals surface area contributed by atoms with Crippen molar-refractivity contribution in [3.8, 4) is 0 Å². The first-order valence-electron chi connectivity index (χ1n) is 7.18. The summed E-state index contributed by atoms with van der Waals surface area (Å²) in [4.78, 5) is 11.7. The minimum Gasteiger partial charge on any atom is -0.378 e. The Balaban J connectivity index is 1.63.